The van der Waals surface area contributed by atoms with Crippen molar-refractivity contribution in [2.24, 2.45) is 0 Å². The average Bonchev–Trinajstić information content (AvgIpc) is 4.03. The van der Waals surface area contributed by atoms with E-state index in [0.717, 1.165) is 42.9 Å². The Morgan fingerprint density at radius 2 is 1.31 bits per heavy atom. The molecule has 5 aromatic carbocycles. The molecular weight excluding hydrogens is 923 g/mol. The fraction of sp³-hybridized carbons (Fsp3) is 0.0351. The fourth-order valence-electron chi connectivity index (χ4n) is 7.16. The quantitative estimate of drug-likeness (QED) is 0.125. The number of carbonyl (C=O) groups excluding carboxylic acids is 2. The Morgan fingerprint density at radius 3 is 1.86 bits per heavy atom. The van der Waals surface area contributed by atoms with E-state index in [1.807, 2.05) is 127 Å². The molecule has 0 atom stereocenters. The van der Waals surface area contributed by atoms with E-state index in [0.29, 0.717) is 26.4 Å². The number of aromatic nitrogens is 3. The van der Waals surface area contributed by atoms with Gasteiger partial charge in [0.25, 0.3) is 17.0 Å². The third kappa shape index (κ3) is 10.8. The van der Waals surface area contributed by atoms with Crippen LogP contribution in [0.1, 0.15) is 28.4 Å². The van der Waals surface area contributed by atoms with Gasteiger partial charge in [-0.15, -0.1) is 11.3 Å². The van der Waals surface area contributed by atoms with Crippen molar-refractivity contribution in [3.63, 3.8) is 0 Å². The predicted octanol–water partition coefficient (Wildman–Crippen LogP) is 7.15. The number of fused-ring (bicyclic) bond motifs is 2. The van der Waals surface area contributed by atoms with Crippen molar-refractivity contribution < 1.29 is 19.1 Å². The van der Waals surface area contributed by atoms with Crippen LogP contribution in [0.15, 0.2) is 156 Å². The van der Waals surface area contributed by atoms with Crippen LogP contribution in [0, 0.1) is 58.5 Å². The molecule has 4 heterocycles. The summed E-state index contributed by atoms with van der Waals surface area (Å²) >= 11 is 1.27. The van der Waals surface area contributed by atoms with Crippen molar-refractivity contribution in [3.05, 3.63) is 226 Å². The lowest BCUT2D eigenvalue weighted by Crippen LogP contribution is -2.23. The molecule has 344 valence electrons. The van der Waals surface area contributed by atoms with Gasteiger partial charge in [0.15, 0.2) is 5.65 Å². The molecule has 0 unspecified atom stereocenters. The number of nitrogens with zero attached hydrogens (tertiary/aromatic N) is 9. The van der Waals surface area contributed by atoms with E-state index in [1.54, 1.807) is 25.1 Å². The molecule has 1 aliphatic heterocycles. The number of allylic oxidation sites excluding steroid dienone is 1. The molecule has 0 fully saturated rings. The first kappa shape index (κ1) is 50.6. The molecule has 0 bridgehead atoms. The number of carbonyl (C=O) groups is 2. The number of hydrogen-bond acceptors (Lipinski definition) is 12. The molecule has 0 saturated carbocycles. The minimum absolute atomic E-state index is 0.0158. The second kappa shape index (κ2) is 23.3. The maximum absolute atomic E-state index is 12.1. The maximum Gasteiger partial charge on any atom is 0.355 e. The zero-order chi connectivity index (χ0) is 51.9. The zero-order valence-corrected chi connectivity index (χ0v) is 39.0. The van der Waals surface area contributed by atoms with Crippen molar-refractivity contribution >= 4 is 76.4 Å². The molecule has 0 radical (unpaired) electrons. The summed E-state index contributed by atoms with van der Waals surface area (Å²) in [6.45, 7) is 31.1. The number of benzene rings is 5. The monoisotopic (exact) mass is 957 g/mol. The van der Waals surface area contributed by atoms with E-state index in [-0.39, 0.29) is 46.1 Å². The van der Waals surface area contributed by atoms with Crippen LogP contribution < -0.4 is 30.5 Å². The number of nitriles is 4. The van der Waals surface area contributed by atoms with E-state index in [4.69, 9.17) is 38.4 Å². The highest BCUT2D eigenvalue weighted by Gasteiger charge is 2.29. The summed E-state index contributed by atoms with van der Waals surface area (Å²) < 4.78 is 12.4. The number of esters is 2. The van der Waals surface area contributed by atoms with Gasteiger partial charge in [0.2, 0.25) is 0 Å². The third-order valence-corrected chi connectivity index (χ3v) is 11.3. The van der Waals surface area contributed by atoms with Gasteiger partial charge in [0, 0.05) is 32.8 Å². The molecule has 0 N–H and O–H groups in total. The van der Waals surface area contributed by atoms with E-state index in [2.05, 4.69) is 52.0 Å². The van der Waals surface area contributed by atoms with Crippen molar-refractivity contribution in [2.45, 2.75) is 6.92 Å². The van der Waals surface area contributed by atoms with Crippen LogP contribution in [0.2, 0.25) is 0 Å². The Balaban J connectivity index is 0.000000160. The highest BCUT2D eigenvalue weighted by molar-refractivity contribution is 7.07. The molecule has 0 saturated heterocycles. The Bertz CT molecular complexity index is 4100. The van der Waals surface area contributed by atoms with Gasteiger partial charge in [-0.25, -0.2) is 34.8 Å². The molecule has 0 amide bonds. The van der Waals surface area contributed by atoms with Crippen LogP contribution in [-0.4, -0.2) is 32.9 Å². The molecule has 15 heteroatoms. The van der Waals surface area contributed by atoms with Crippen LogP contribution >= 0.6 is 11.3 Å². The van der Waals surface area contributed by atoms with Crippen LogP contribution in [-0.2, 0) is 14.3 Å². The van der Waals surface area contributed by atoms with Crippen molar-refractivity contribution in [2.75, 3.05) is 6.61 Å². The maximum atomic E-state index is 12.1. The van der Waals surface area contributed by atoms with E-state index in [1.165, 1.54) is 21.9 Å². The van der Waals surface area contributed by atoms with Crippen molar-refractivity contribution in [3.8, 4) is 46.7 Å². The molecule has 14 nitrogen and oxygen atoms in total. The second-order valence-corrected chi connectivity index (χ2v) is 15.8. The van der Waals surface area contributed by atoms with Crippen LogP contribution in [0.3, 0.4) is 0 Å². The van der Waals surface area contributed by atoms with Crippen LogP contribution in [0.25, 0.3) is 85.2 Å². The Kier molecular flexibility index (Phi) is 16.4. The number of ether oxygens (including phenoxy) is 2. The SMILES string of the molecule is C=C1OC(=O)C(C#N)=C1c1ccccc1.C=c1c(-c2ccccc2)c(C#N)c2nc(=O)c(C(=O)OCC)cn12.[C-]#[N+]/C(C#N)=c1/nc(-c2ccccc2)c(=C)s1.[C-]#[N+]/C(C#N)=c1\ccc(=C)c2ccccc12. The summed E-state index contributed by atoms with van der Waals surface area (Å²) in [5.74, 6) is -1.13. The summed E-state index contributed by atoms with van der Waals surface area (Å²) in [4.78, 5) is 49.8. The topological polar surface area (TPSA) is 204 Å². The summed E-state index contributed by atoms with van der Waals surface area (Å²) in [6.07, 6.45) is 1.33. The second-order valence-electron chi connectivity index (χ2n) is 14.7. The lowest BCUT2D eigenvalue weighted by Gasteiger charge is -2.01. The molecule has 0 aliphatic carbocycles. The Labute approximate surface area is 415 Å². The zero-order valence-electron chi connectivity index (χ0n) is 38.2. The molecular formula is C57H35N9O5S. The lowest BCUT2D eigenvalue weighted by molar-refractivity contribution is -0.132. The summed E-state index contributed by atoms with van der Waals surface area (Å²) in [5.41, 5.74) is 3.99. The van der Waals surface area contributed by atoms with Crippen LogP contribution in [0.4, 0.5) is 0 Å². The largest absolute Gasteiger partial charge is 0.462 e. The van der Waals surface area contributed by atoms with Crippen molar-refractivity contribution in [1.29, 1.82) is 21.0 Å². The number of cyclic esters (lactones) is 1. The first-order valence-corrected chi connectivity index (χ1v) is 22.0. The smallest absolute Gasteiger partial charge is 0.355 e. The van der Waals surface area contributed by atoms with Gasteiger partial charge in [0.05, 0.1) is 37.6 Å². The Hall–Kier alpha value is -10.8. The molecule has 8 aromatic rings. The predicted molar refractivity (Wildman–Crippen MR) is 275 cm³/mol. The molecule has 1 aliphatic rings. The molecule has 9 rings (SSSR count). The van der Waals surface area contributed by atoms with E-state index < -0.39 is 17.5 Å². The van der Waals surface area contributed by atoms with E-state index >= 15 is 0 Å². The fourth-order valence-corrected chi connectivity index (χ4v) is 7.98. The van der Waals surface area contributed by atoms with Gasteiger partial charge >= 0.3 is 11.9 Å². The van der Waals surface area contributed by atoms with Gasteiger partial charge in [-0.3, -0.25) is 9.20 Å². The first-order valence-electron chi connectivity index (χ1n) is 21.2. The summed E-state index contributed by atoms with van der Waals surface area (Å²) in [6, 6.07) is 46.9. The van der Waals surface area contributed by atoms with Gasteiger partial charge in [-0.2, -0.15) is 15.5 Å². The number of rotatable bonds is 5. The highest BCUT2D eigenvalue weighted by atomic mass is 32.1. The van der Waals surface area contributed by atoms with Crippen LogP contribution in [0.5, 0.6) is 0 Å². The average molecular weight is 958 g/mol. The lowest BCUT2D eigenvalue weighted by atomic mass is 10.0. The normalized spacial score (nSPS) is 11.9. The van der Waals surface area contributed by atoms with Gasteiger partial charge in [-0.05, 0) is 39.3 Å². The first-order chi connectivity index (χ1) is 34.8. The number of thiazole rings is 1. The molecule has 72 heavy (non-hydrogen) atoms. The van der Waals surface area contributed by atoms with Gasteiger partial charge in [0.1, 0.15) is 39.3 Å². The minimum atomic E-state index is -0.746. The highest BCUT2D eigenvalue weighted by Crippen LogP contribution is 2.33. The number of hydrogen-bond donors (Lipinski definition) is 0. The standard InChI is InChI=1S/C18H13N3O3.C14H8N2.C13H7N3S.C12H7NO2/c1-3-24-18(23)14-10-21-11(2)15(12-7-5-4-6-8-12)13(9-19)16(21)20-17(14)22;1-10-7-8-13(14(9-15)16-2)12-6-4-3-5-11(10)12;1-9-12(10-6-4-3-5-7-10)16-13(17-9)11(8-14)15-2;1-8-11(9-5-3-2-4-6-9)10(7-13)12(14)15-8/h4-8,10H,2-3H2,1H3;3-8H,1H2;3-7H,1H2;2-6H,1H2/b;14-13+;13-11-;. The summed E-state index contributed by atoms with van der Waals surface area (Å²) in [7, 11) is 0. The molecule has 3 aromatic heterocycles. The molecule has 0 spiro atoms. The van der Waals surface area contributed by atoms with Gasteiger partial charge in [-0.1, -0.05) is 154 Å². The summed E-state index contributed by atoms with van der Waals surface area (Å²) in [5, 5.41) is 40.0. The third-order valence-electron chi connectivity index (χ3n) is 10.4. The van der Waals surface area contributed by atoms with Gasteiger partial charge < -0.3 is 9.47 Å². The Morgan fingerprint density at radius 1 is 0.736 bits per heavy atom. The van der Waals surface area contributed by atoms with Crippen molar-refractivity contribution in [1.82, 2.24) is 14.4 Å². The van der Waals surface area contributed by atoms with E-state index in [9.17, 15) is 19.6 Å². The minimum Gasteiger partial charge on any atom is -0.462 e.